The van der Waals surface area contributed by atoms with E-state index in [1.165, 1.54) is 5.56 Å². The Kier molecular flexibility index (Phi) is 4.70. The van der Waals surface area contributed by atoms with Crippen LogP contribution in [0, 0.1) is 0 Å². The van der Waals surface area contributed by atoms with Crippen LogP contribution in [-0.4, -0.2) is 41.4 Å². The van der Waals surface area contributed by atoms with Crippen molar-refractivity contribution in [3.8, 4) is 5.75 Å². The molecule has 4 nitrogen and oxygen atoms in total. The molecule has 2 aromatic rings. The lowest BCUT2D eigenvalue weighted by atomic mass is 10.0. The first-order valence-electron chi connectivity index (χ1n) is 9.06. The van der Waals surface area contributed by atoms with Gasteiger partial charge in [-0.2, -0.15) is 0 Å². The number of amides is 1. The van der Waals surface area contributed by atoms with Crippen LogP contribution < -0.4 is 4.74 Å². The van der Waals surface area contributed by atoms with E-state index in [4.69, 9.17) is 4.74 Å². The Morgan fingerprint density at radius 3 is 2.48 bits per heavy atom. The van der Waals surface area contributed by atoms with Gasteiger partial charge in [0.1, 0.15) is 5.75 Å². The number of likely N-dealkylation sites (tertiary alicyclic amines) is 1. The molecule has 2 aliphatic rings. The highest BCUT2D eigenvalue weighted by Crippen LogP contribution is 2.27. The van der Waals surface area contributed by atoms with E-state index in [2.05, 4.69) is 41.3 Å². The zero-order valence-electron chi connectivity index (χ0n) is 14.4. The summed E-state index contributed by atoms with van der Waals surface area (Å²) in [5.41, 5.74) is 2.47. The van der Waals surface area contributed by atoms with Gasteiger partial charge in [-0.15, -0.1) is 0 Å². The van der Waals surface area contributed by atoms with Crippen LogP contribution >= 0.6 is 0 Å². The molecule has 1 saturated heterocycles. The molecular formula is C21H24N2O2. The number of hydrogen-bond acceptors (Lipinski definition) is 3. The highest BCUT2D eigenvalue weighted by molar-refractivity contribution is 5.79. The van der Waals surface area contributed by atoms with E-state index in [9.17, 15) is 4.79 Å². The molecule has 2 aromatic carbocycles. The number of fused-ring (bicyclic) bond motifs is 1. The topological polar surface area (TPSA) is 32.8 Å². The molecule has 0 saturated carbocycles. The maximum atomic E-state index is 12.5. The number of hydrogen-bond donors (Lipinski definition) is 0. The first kappa shape index (κ1) is 16.2. The highest BCUT2D eigenvalue weighted by Gasteiger charge is 2.30. The second-order valence-corrected chi connectivity index (χ2v) is 6.91. The van der Waals surface area contributed by atoms with Gasteiger partial charge in [-0.25, -0.2) is 0 Å². The predicted molar refractivity (Wildman–Crippen MR) is 97.2 cm³/mol. The summed E-state index contributed by atoms with van der Waals surface area (Å²) in [6.45, 7) is 3.88. The van der Waals surface area contributed by atoms with Crippen molar-refractivity contribution >= 4 is 5.91 Å². The molecule has 0 radical (unpaired) electrons. The lowest BCUT2D eigenvalue weighted by molar-refractivity contribution is -0.136. The summed E-state index contributed by atoms with van der Waals surface area (Å²) < 4.78 is 5.68. The quantitative estimate of drug-likeness (QED) is 0.863. The monoisotopic (exact) mass is 336 g/mol. The van der Waals surface area contributed by atoms with Crippen molar-refractivity contribution in [3.05, 3.63) is 65.7 Å². The highest BCUT2D eigenvalue weighted by atomic mass is 16.5. The lowest BCUT2D eigenvalue weighted by Gasteiger charge is -2.38. The SMILES string of the molecule is O=C1COc2ccccc2CN1C1CCN(Cc2ccccc2)CC1. The van der Waals surface area contributed by atoms with Crippen molar-refractivity contribution in [3.63, 3.8) is 0 Å². The summed E-state index contributed by atoms with van der Waals surface area (Å²) in [6, 6.07) is 18.9. The van der Waals surface area contributed by atoms with Gasteiger partial charge in [-0.05, 0) is 24.5 Å². The minimum absolute atomic E-state index is 0.109. The van der Waals surface area contributed by atoms with Gasteiger partial charge in [0.2, 0.25) is 0 Å². The Hall–Kier alpha value is -2.33. The maximum Gasteiger partial charge on any atom is 0.261 e. The van der Waals surface area contributed by atoms with Crippen LogP contribution in [0.3, 0.4) is 0 Å². The van der Waals surface area contributed by atoms with Crippen LogP contribution in [0.1, 0.15) is 24.0 Å². The average molecular weight is 336 g/mol. The maximum absolute atomic E-state index is 12.5. The van der Waals surface area contributed by atoms with Crippen molar-refractivity contribution < 1.29 is 9.53 Å². The standard InChI is InChI=1S/C21H24N2O2/c24-21-16-25-20-9-5-4-8-18(20)15-23(21)19-10-12-22(13-11-19)14-17-6-2-1-3-7-17/h1-9,19H,10-16H2. The number of rotatable bonds is 3. The zero-order chi connectivity index (χ0) is 17.1. The van der Waals surface area contributed by atoms with Gasteiger partial charge in [-0.3, -0.25) is 9.69 Å². The number of carbonyl (C=O) groups excluding carboxylic acids is 1. The van der Waals surface area contributed by atoms with E-state index in [1.807, 2.05) is 23.1 Å². The Balaban J connectivity index is 1.39. The number of benzene rings is 2. The minimum atomic E-state index is 0.109. The third-order valence-electron chi connectivity index (χ3n) is 5.23. The van der Waals surface area contributed by atoms with Gasteiger partial charge < -0.3 is 9.64 Å². The van der Waals surface area contributed by atoms with Gasteiger partial charge in [0.15, 0.2) is 6.61 Å². The van der Waals surface area contributed by atoms with Crippen LogP contribution in [0.5, 0.6) is 5.75 Å². The van der Waals surface area contributed by atoms with E-state index >= 15 is 0 Å². The molecule has 0 unspecified atom stereocenters. The Morgan fingerprint density at radius 1 is 0.960 bits per heavy atom. The first-order chi connectivity index (χ1) is 12.3. The lowest BCUT2D eigenvalue weighted by Crippen LogP contribution is -2.47. The third-order valence-corrected chi connectivity index (χ3v) is 5.23. The smallest absolute Gasteiger partial charge is 0.261 e. The fourth-order valence-electron chi connectivity index (χ4n) is 3.83. The van der Waals surface area contributed by atoms with Gasteiger partial charge in [0.25, 0.3) is 5.91 Å². The number of piperidine rings is 1. The van der Waals surface area contributed by atoms with Crippen molar-refractivity contribution in [2.24, 2.45) is 0 Å². The average Bonchev–Trinajstić information content (AvgIpc) is 2.83. The summed E-state index contributed by atoms with van der Waals surface area (Å²) in [5, 5.41) is 0. The van der Waals surface area contributed by atoms with Crippen molar-refractivity contribution in [1.82, 2.24) is 9.80 Å². The van der Waals surface area contributed by atoms with E-state index < -0.39 is 0 Å². The van der Waals surface area contributed by atoms with Gasteiger partial charge in [-0.1, -0.05) is 48.5 Å². The second kappa shape index (κ2) is 7.28. The predicted octanol–water partition coefficient (Wildman–Crippen LogP) is 3.07. The number of carbonyl (C=O) groups is 1. The molecular weight excluding hydrogens is 312 g/mol. The Morgan fingerprint density at radius 2 is 1.68 bits per heavy atom. The van der Waals surface area contributed by atoms with Crippen molar-refractivity contribution in [2.45, 2.75) is 32.0 Å². The summed E-state index contributed by atoms with van der Waals surface area (Å²) in [5.74, 6) is 0.956. The molecule has 4 heteroatoms. The molecule has 25 heavy (non-hydrogen) atoms. The van der Waals surface area contributed by atoms with Crippen LogP contribution in [0.4, 0.5) is 0 Å². The largest absolute Gasteiger partial charge is 0.483 e. The molecule has 0 aliphatic carbocycles. The molecule has 1 amide bonds. The summed E-state index contributed by atoms with van der Waals surface area (Å²) in [7, 11) is 0. The summed E-state index contributed by atoms with van der Waals surface area (Å²) >= 11 is 0. The third kappa shape index (κ3) is 3.69. The number of ether oxygens (including phenoxy) is 1. The van der Waals surface area contributed by atoms with Crippen molar-refractivity contribution in [1.29, 1.82) is 0 Å². The van der Waals surface area contributed by atoms with Gasteiger partial charge in [0.05, 0.1) is 0 Å². The normalized spacial score (nSPS) is 19.2. The molecule has 0 atom stereocenters. The number of para-hydroxylation sites is 1. The molecule has 130 valence electrons. The Bertz CT molecular complexity index is 724. The molecule has 1 fully saturated rings. The van der Waals surface area contributed by atoms with Crippen LogP contribution in [0.15, 0.2) is 54.6 Å². The van der Waals surface area contributed by atoms with E-state index in [-0.39, 0.29) is 12.5 Å². The van der Waals surface area contributed by atoms with E-state index in [1.54, 1.807) is 0 Å². The molecule has 0 aromatic heterocycles. The van der Waals surface area contributed by atoms with Crippen LogP contribution in [0.25, 0.3) is 0 Å². The number of nitrogens with zero attached hydrogens (tertiary/aromatic N) is 2. The minimum Gasteiger partial charge on any atom is -0.483 e. The fourth-order valence-corrected chi connectivity index (χ4v) is 3.83. The van der Waals surface area contributed by atoms with Gasteiger partial charge >= 0.3 is 0 Å². The summed E-state index contributed by atoms with van der Waals surface area (Å²) in [6.07, 6.45) is 2.06. The molecule has 2 aliphatic heterocycles. The van der Waals surface area contributed by atoms with Crippen LogP contribution in [0.2, 0.25) is 0 Å². The Labute approximate surface area is 149 Å². The van der Waals surface area contributed by atoms with Gasteiger partial charge in [0, 0.05) is 37.8 Å². The zero-order valence-corrected chi connectivity index (χ0v) is 14.4. The van der Waals surface area contributed by atoms with Crippen molar-refractivity contribution in [2.75, 3.05) is 19.7 Å². The van der Waals surface area contributed by atoms with E-state index in [0.29, 0.717) is 12.6 Å². The summed E-state index contributed by atoms with van der Waals surface area (Å²) in [4.78, 5) is 17.1. The molecule has 4 rings (SSSR count). The first-order valence-corrected chi connectivity index (χ1v) is 9.06. The van der Waals surface area contributed by atoms with Crippen LogP contribution in [-0.2, 0) is 17.9 Å². The molecule has 2 heterocycles. The van der Waals surface area contributed by atoms with E-state index in [0.717, 1.165) is 43.8 Å². The second-order valence-electron chi connectivity index (χ2n) is 6.91. The molecule has 0 spiro atoms. The molecule has 0 bridgehead atoms. The fraction of sp³-hybridized carbons (Fsp3) is 0.381. The molecule has 0 N–H and O–H groups in total.